The van der Waals surface area contributed by atoms with Gasteiger partial charge in [0.1, 0.15) is 13.2 Å². The highest BCUT2D eigenvalue weighted by Gasteiger charge is 2.25. The minimum atomic E-state index is -1.53. The number of ether oxygens (including phenoxy) is 4. The molecule has 9 heteroatoms. The molecule has 0 saturated carbocycles. The maximum absolute atomic E-state index is 13.0. The molecule has 0 fully saturated rings. The Labute approximate surface area is 597 Å². The van der Waals surface area contributed by atoms with Crippen LogP contribution in [0.4, 0.5) is 0 Å². The molecule has 9 nitrogen and oxygen atoms in total. The molecule has 0 aromatic carbocycles. The number of rotatable bonds is 71. The number of quaternary nitrogens is 1. The summed E-state index contributed by atoms with van der Waals surface area (Å²) >= 11 is 0. The van der Waals surface area contributed by atoms with E-state index >= 15 is 0 Å². The number of allylic oxidation sites excluding steroid dienone is 28. The highest BCUT2D eigenvalue weighted by atomic mass is 16.7. The van der Waals surface area contributed by atoms with E-state index in [1.165, 1.54) is 135 Å². The number of esters is 2. The number of nitrogens with zero attached hydrogens (tertiary/aromatic N) is 1. The summed E-state index contributed by atoms with van der Waals surface area (Å²) in [6, 6.07) is 0. The summed E-state index contributed by atoms with van der Waals surface area (Å²) in [5.74, 6) is -2.03. The van der Waals surface area contributed by atoms with Gasteiger partial charge in [-0.1, -0.05) is 338 Å². The molecular weight excluding hydrogens is 1200 g/mol. The lowest BCUT2D eigenvalue weighted by atomic mass is 10.0. The Morgan fingerprint density at radius 2 is 0.557 bits per heavy atom. The third-order valence-corrected chi connectivity index (χ3v) is 16.5. The number of hydrogen-bond donors (Lipinski definition) is 1. The van der Waals surface area contributed by atoms with Crippen LogP contribution in [0.2, 0.25) is 0 Å². The van der Waals surface area contributed by atoms with Gasteiger partial charge in [-0.25, -0.2) is 4.79 Å². The average Bonchev–Trinajstić information content (AvgIpc) is 2.59. The van der Waals surface area contributed by atoms with Gasteiger partial charge in [0.15, 0.2) is 6.10 Å². The molecule has 0 aromatic rings. The molecule has 1 N–H and O–H groups in total. The Morgan fingerprint density at radius 1 is 0.309 bits per heavy atom. The molecule has 0 amide bonds. The molecule has 0 spiro atoms. The van der Waals surface area contributed by atoms with Gasteiger partial charge in [-0.05, 0) is 128 Å². The zero-order valence-electron chi connectivity index (χ0n) is 62.9. The van der Waals surface area contributed by atoms with Crippen LogP contribution in [0, 0.1) is 0 Å². The van der Waals surface area contributed by atoms with Gasteiger partial charge in [0.2, 0.25) is 0 Å². The van der Waals surface area contributed by atoms with Crippen molar-refractivity contribution in [2.75, 3.05) is 47.5 Å². The molecule has 2 unspecified atom stereocenters. The van der Waals surface area contributed by atoms with Crippen molar-refractivity contribution >= 4 is 17.9 Å². The van der Waals surface area contributed by atoms with Crippen molar-refractivity contribution in [1.82, 2.24) is 0 Å². The van der Waals surface area contributed by atoms with Gasteiger partial charge in [-0.15, -0.1) is 0 Å². The number of aliphatic carboxylic acids is 1. The first kappa shape index (κ1) is 91.6. The number of carboxylic acid groups (broad SMARTS) is 1. The van der Waals surface area contributed by atoms with Crippen molar-refractivity contribution in [2.45, 2.75) is 322 Å². The number of hydrogen-bond acceptors (Lipinski definition) is 7. The predicted molar refractivity (Wildman–Crippen MR) is 419 cm³/mol. The summed E-state index contributed by atoms with van der Waals surface area (Å²) in [5, 5.41) is 9.77. The molecular formula is C88H146NO8+. The minimum absolute atomic E-state index is 0.177. The van der Waals surface area contributed by atoms with Crippen molar-refractivity contribution in [3.8, 4) is 0 Å². The molecule has 0 bridgehead atoms. The third-order valence-electron chi connectivity index (χ3n) is 16.5. The highest BCUT2D eigenvalue weighted by molar-refractivity contribution is 5.71. The monoisotopic (exact) mass is 1350 g/mol. The molecule has 0 radical (unpaired) electrons. The number of likely N-dealkylation sites (N-methyl/N-ethyl adjacent to an activating group) is 1. The van der Waals surface area contributed by atoms with Gasteiger partial charge in [-0.2, -0.15) is 0 Å². The number of carbonyl (C=O) groups excluding carboxylic acids is 2. The van der Waals surface area contributed by atoms with E-state index in [0.717, 1.165) is 141 Å². The van der Waals surface area contributed by atoms with E-state index in [1.54, 1.807) is 0 Å². The maximum Gasteiger partial charge on any atom is 0.361 e. The topological polar surface area (TPSA) is 108 Å². The minimum Gasteiger partial charge on any atom is -0.477 e. The molecule has 550 valence electrons. The van der Waals surface area contributed by atoms with Crippen LogP contribution >= 0.6 is 0 Å². The van der Waals surface area contributed by atoms with E-state index in [4.69, 9.17) is 18.9 Å². The molecule has 0 aliphatic carbocycles. The van der Waals surface area contributed by atoms with Crippen LogP contribution in [-0.2, 0) is 33.3 Å². The van der Waals surface area contributed by atoms with Crippen LogP contribution in [0.15, 0.2) is 170 Å². The highest BCUT2D eigenvalue weighted by Crippen LogP contribution is 2.18. The lowest BCUT2D eigenvalue weighted by Crippen LogP contribution is -2.40. The Morgan fingerprint density at radius 3 is 0.825 bits per heavy atom. The first-order valence-corrected chi connectivity index (χ1v) is 39.3. The van der Waals surface area contributed by atoms with Crippen LogP contribution in [0.5, 0.6) is 0 Å². The molecule has 97 heavy (non-hydrogen) atoms. The first-order chi connectivity index (χ1) is 47.6. The second-order valence-electron chi connectivity index (χ2n) is 26.9. The number of carboxylic acids is 1. The molecule has 2 atom stereocenters. The van der Waals surface area contributed by atoms with Gasteiger partial charge in [0, 0.05) is 12.8 Å². The maximum atomic E-state index is 13.0. The quantitative estimate of drug-likeness (QED) is 0.0211. The zero-order valence-corrected chi connectivity index (χ0v) is 62.9. The average molecular weight is 1350 g/mol. The van der Waals surface area contributed by atoms with Crippen molar-refractivity contribution in [1.29, 1.82) is 0 Å². The second kappa shape index (κ2) is 76.4. The normalized spacial score (nSPS) is 13.6. The van der Waals surface area contributed by atoms with E-state index < -0.39 is 24.3 Å². The Hall–Kier alpha value is -5.35. The molecule has 0 rings (SSSR count). The first-order valence-electron chi connectivity index (χ1n) is 39.3. The van der Waals surface area contributed by atoms with Crippen molar-refractivity contribution < 1.29 is 42.9 Å². The summed E-state index contributed by atoms with van der Waals surface area (Å²) < 4.78 is 23.0. The van der Waals surface area contributed by atoms with Crippen molar-refractivity contribution in [3.05, 3.63) is 170 Å². The van der Waals surface area contributed by atoms with Crippen LogP contribution < -0.4 is 0 Å². The van der Waals surface area contributed by atoms with Gasteiger partial charge in [-0.3, -0.25) is 9.59 Å². The SMILES string of the molecule is CC/C=C\C/C=C\C/C=C\C/C=C\C/C=C\C/C=C\C/C=C\C/C=C\C/C=C\CCCCCCCC(=O)OC(COC(=O)CCCCCCCCCCCCCCCCCCCCCCCCC/C=C\C/C=C\C/C=C\C/C=C\C/C=C\CC)COC(OCC[N+](C)(C)C)C(=O)O. The van der Waals surface area contributed by atoms with Crippen molar-refractivity contribution in [3.63, 3.8) is 0 Å². The van der Waals surface area contributed by atoms with E-state index in [-0.39, 0.29) is 32.2 Å². The van der Waals surface area contributed by atoms with Crippen LogP contribution in [0.25, 0.3) is 0 Å². The fraction of sp³-hybridized carbons (Fsp3) is 0.648. The van der Waals surface area contributed by atoms with Crippen LogP contribution in [0.1, 0.15) is 309 Å². The van der Waals surface area contributed by atoms with E-state index in [0.29, 0.717) is 23.9 Å². The largest absolute Gasteiger partial charge is 0.477 e. The third kappa shape index (κ3) is 77.9. The fourth-order valence-corrected chi connectivity index (χ4v) is 10.6. The zero-order chi connectivity index (χ0) is 70.4. The molecule has 0 aliphatic rings. The van der Waals surface area contributed by atoms with E-state index in [9.17, 15) is 19.5 Å². The lowest BCUT2D eigenvalue weighted by molar-refractivity contribution is -0.870. The smallest absolute Gasteiger partial charge is 0.361 e. The molecule has 0 heterocycles. The predicted octanol–water partition coefficient (Wildman–Crippen LogP) is 25.4. The summed E-state index contributed by atoms with van der Waals surface area (Å²) in [4.78, 5) is 37.7. The standard InChI is InChI=1S/C88H145NO8/c1-6-8-10-12-14-16-18-20-22-24-26-28-30-32-34-36-38-40-41-42-43-44-45-47-48-50-52-54-56-58-60-62-64-66-68-70-72-74-76-78-85(90)95-82-84(83-96-88(87(92)93)94-81-80-89(3,4)5)97-86(91)79-77-75-73-71-69-67-65-63-61-59-57-55-53-51-49-46-39-37-35-33-31-29-27-25-23-21-19-17-15-13-11-9-7-2/h8-11,14-17,20-23,26-29,32-35,39,46,51,53,57,59,63,65,84,88H,6-7,12-13,18-19,24-25,30-31,36-38,40-45,47-50,52,54-56,58,60-62,64,66-83H2,1-5H3/p+1/b10-8-,11-9-,16-14-,17-15-,22-20-,23-21-,28-26-,29-27-,34-32-,35-33-,46-39-,53-51-,59-57-,65-63-. The summed E-state index contributed by atoms with van der Waals surface area (Å²) in [7, 11) is 5.97. The Kier molecular flexibility index (Phi) is 72.2. The Bertz CT molecular complexity index is 2210. The van der Waals surface area contributed by atoms with Crippen LogP contribution in [-0.4, -0.2) is 87.4 Å². The van der Waals surface area contributed by atoms with Gasteiger partial charge in [0.25, 0.3) is 6.29 Å². The van der Waals surface area contributed by atoms with Gasteiger partial charge >= 0.3 is 17.9 Å². The Balaban J connectivity index is 4.09. The number of unbranched alkanes of at least 4 members (excludes halogenated alkanes) is 28. The number of carbonyl (C=O) groups is 3. The summed E-state index contributed by atoms with van der Waals surface area (Å²) in [6.07, 6.45) is 112. The fourth-order valence-electron chi connectivity index (χ4n) is 10.6. The summed E-state index contributed by atoms with van der Waals surface area (Å²) in [6.45, 7) is 4.63. The van der Waals surface area contributed by atoms with E-state index in [2.05, 4.69) is 184 Å². The summed E-state index contributed by atoms with van der Waals surface area (Å²) in [5.41, 5.74) is 0. The molecule has 0 saturated heterocycles. The van der Waals surface area contributed by atoms with Crippen molar-refractivity contribution in [2.24, 2.45) is 0 Å². The van der Waals surface area contributed by atoms with E-state index in [1.807, 2.05) is 21.1 Å². The van der Waals surface area contributed by atoms with Crippen LogP contribution in [0.3, 0.4) is 0 Å². The van der Waals surface area contributed by atoms with Gasteiger partial charge in [0.05, 0.1) is 34.4 Å². The molecule has 0 aliphatic heterocycles. The van der Waals surface area contributed by atoms with Gasteiger partial charge < -0.3 is 28.5 Å². The molecule has 0 aromatic heterocycles. The lowest BCUT2D eigenvalue weighted by Gasteiger charge is -2.25. The second-order valence-corrected chi connectivity index (χ2v) is 26.9.